The van der Waals surface area contributed by atoms with Gasteiger partial charge in [0.15, 0.2) is 11.4 Å². The molecule has 0 spiro atoms. The van der Waals surface area contributed by atoms with E-state index in [9.17, 15) is 9.59 Å². The number of benzene rings is 1. The van der Waals surface area contributed by atoms with Crippen LogP contribution in [-0.4, -0.2) is 42.3 Å². The Hall–Kier alpha value is -3.29. The van der Waals surface area contributed by atoms with Gasteiger partial charge in [0, 0.05) is 25.4 Å². The van der Waals surface area contributed by atoms with Crippen molar-refractivity contribution >= 4 is 12.0 Å². The highest BCUT2D eigenvalue weighted by atomic mass is 16.5. The summed E-state index contributed by atoms with van der Waals surface area (Å²) in [5.41, 5.74) is 0.107. The van der Waals surface area contributed by atoms with E-state index < -0.39 is 12.0 Å². The number of aromatic nitrogens is 1. The predicted octanol–water partition coefficient (Wildman–Crippen LogP) is 1.88. The van der Waals surface area contributed by atoms with Gasteiger partial charge >= 0.3 is 6.09 Å². The number of carbonyl (C=O) groups excluding carboxylic acids is 1. The molecular formula is C16H17N3O5. The molecule has 0 radical (unpaired) electrons. The number of hydrogen-bond donors (Lipinski definition) is 3. The number of carbonyl (C=O) groups is 2. The van der Waals surface area contributed by atoms with Crippen molar-refractivity contribution in [1.82, 2.24) is 15.6 Å². The van der Waals surface area contributed by atoms with Gasteiger partial charge in [-0.3, -0.25) is 4.79 Å². The van der Waals surface area contributed by atoms with Gasteiger partial charge in [0.25, 0.3) is 5.91 Å². The number of carboxylic acid groups (broad SMARTS) is 1. The highest BCUT2D eigenvalue weighted by molar-refractivity contribution is 5.95. The molecule has 0 unspecified atom stereocenters. The van der Waals surface area contributed by atoms with Crippen LogP contribution >= 0.6 is 0 Å². The molecule has 24 heavy (non-hydrogen) atoms. The van der Waals surface area contributed by atoms with Crippen molar-refractivity contribution < 1.29 is 24.2 Å². The van der Waals surface area contributed by atoms with E-state index in [0.29, 0.717) is 11.5 Å². The molecule has 8 nitrogen and oxygen atoms in total. The van der Waals surface area contributed by atoms with Crippen molar-refractivity contribution in [2.75, 3.05) is 20.2 Å². The molecule has 0 atom stereocenters. The Morgan fingerprint density at radius 2 is 1.88 bits per heavy atom. The number of methoxy groups -OCH3 is 1. The fourth-order valence-electron chi connectivity index (χ4n) is 1.86. The van der Waals surface area contributed by atoms with E-state index in [1.165, 1.54) is 6.20 Å². The fraction of sp³-hybridized carbons (Fsp3) is 0.188. The van der Waals surface area contributed by atoms with Crippen LogP contribution in [0.25, 0.3) is 0 Å². The van der Waals surface area contributed by atoms with Gasteiger partial charge in [0.05, 0.1) is 7.11 Å². The summed E-state index contributed by atoms with van der Waals surface area (Å²) in [4.78, 5) is 26.6. The Kier molecular flexibility index (Phi) is 5.95. The van der Waals surface area contributed by atoms with E-state index in [2.05, 4.69) is 15.6 Å². The molecule has 3 N–H and O–H groups in total. The second-order valence-electron chi connectivity index (χ2n) is 4.62. The van der Waals surface area contributed by atoms with Gasteiger partial charge in [-0.2, -0.15) is 0 Å². The van der Waals surface area contributed by atoms with Crippen LogP contribution < -0.4 is 20.1 Å². The first-order valence-electron chi connectivity index (χ1n) is 7.12. The predicted molar refractivity (Wildman–Crippen MR) is 85.7 cm³/mol. The largest absolute Gasteiger partial charge is 0.497 e. The summed E-state index contributed by atoms with van der Waals surface area (Å²) >= 11 is 0. The topological polar surface area (TPSA) is 110 Å². The average Bonchev–Trinajstić information content (AvgIpc) is 2.59. The molecule has 2 aromatic rings. The molecule has 0 aliphatic carbocycles. The first-order chi connectivity index (χ1) is 11.6. The number of pyridine rings is 1. The Morgan fingerprint density at radius 1 is 1.12 bits per heavy atom. The summed E-state index contributed by atoms with van der Waals surface area (Å²) in [6, 6.07) is 10.2. The number of nitrogens with one attached hydrogen (secondary N) is 2. The number of hydrogen-bond acceptors (Lipinski definition) is 5. The van der Waals surface area contributed by atoms with Crippen molar-refractivity contribution in [3.8, 4) is 17.2 Å². The molecular weight excluding hydrogens is 314 g/mol. The summed E-state index contributed by atoms with van der Waals surface area (Å²) in [5.74, 6) is 0.959. The van der Waals surface area contributed by atoms with Crippen LogP contribution in [0.5, 0.6) is 17.2 Å². The Morgan fingerprint density at radius 3 is 2.62 bits per heavy atom. The third kappa shape index (κ3) is 4.87. The number of ether oxygens (including phenoxy) is 2. The van der Waals surface area contributed by atoms with E-state index in [4.69, 9.17) is 14.6 Å². The first-order valence-corrected chi connectivity index (χ1v) is 7.12. The lowest BCUT2D eigenvalue weighted by Gasteiger charge is -2.11. The second kappa shape index (κ2) is 8.37. The van der Waals surface area contributed by atoms with Crippen LogP contribution in [0.15, 0.2) is 42.6 Å². The van der Waals surface area contributed by atoms with Crippen molar-refractivity contribution in [3.05, 3.63) is 48.3 Å². The molecule has 2 amide bonds. The maximum Gasteiger partial charge on any atom is 0.404 e. The zero-order valence-corrected chi connectivity index (χ0v) is 13.0. The van der Waals surface area contributed by atoms with Crippen molar-refractivity contribution in [2.45, 2.75) is 0 Å². The molecule has 2 rings (SSSR count). The van der Waals surface area contributed by atoms with Gasteiger partial charge in [-0.15, -0.1) is 0 Å². The van der Waals surface area contributed by atoms with E-state index in [0.717, 1.165) is 0 Å². The molecule has 0 saturated heterocycles. The van der Waals surface area contributed by atoms with E-state index in [1.54, 1.807) is 43.5 Å². The van der Waals surface area contributed by atoms with Crippen molar-refractivity contribution in [3.63, 3.8) is 0 Å². The molecule has 1 aromatic heterocycles. The van der Waals surface area contributed by atoms with Crippen LogP contribution in [0, 0.1) is 0 Å². The quantitative estimate of drug-likeness (QED) is 0.668. The van der Waals surface area contributed by atoms with Crippen LogP contribution in [0.2, 0.25) is 0 Å². The highest BCUT2D eigenvalue weighted by Gasteiger charge is 2.14. The van der Waals surface area contributed by atoms with Crippen molar-refractivity contribution in [2.24, 2.45) is 0 Å². The lowest BCUT2D eigenvalue weighted by molar-refractivity contribution is 0.0945. The third-order valence-electron chi connectivity index (χ3n) is 2.94. The maximum atomic E-state index is 12.2. The Balaban J connectivity index is 2.06. The summed E-state index contributed by atoms with van der Waals surface area (Å²) in [7, 11) is 1.55. The van der Waals surface area contributed by atoms with Gasteiger partial charge in [-0.1, -0.05) is 6.07 Å². The maximum absolute atomic E-state index is 12.2. The molecule has 8 heteroatoms. The van der Waals surface area contributed by atoms with E-state index >= 15 is 0 Å². The molecule has 0 saturated carbocycles. The molecule has 0 bridgehead atoms. The van der Waals surface area contributed by atoms with Gasteiger partial charge < -0.3 is 25.2 Å². The van der Waals surface area contributed by atoms with Gasteiger partial charge in [0.1, 0.15) is 11.5 Å². The van der Waals surface area contributed by atoms with Gasteiger partial charge in [0.2, 0.25) is 0 Å². The number of amides is 2. The van der Waals surface area contributed by atoms with Crippen LogP contribution in [-0.2, 0) is 0 Å². The first kappa shape index (κ1) is 17.1. The average molecular weight is 331 g/mol. The molecule has 1 heterocycles. The van der Waals surface area contributed by atoms with E-state index in [1.807, 2.05) is 0 Å². The number of rotatable bonds is 7. The monoisotopic (exact) mass is 331 g/mol. The summed E-state index contributed by atoms with van der Waals surface area (Å²) < 4.78 is 10.8. The van der Waals surface area contributed by atoms with Crippen molar-refractivity contribution in [1.29, 1.82) is 0 Å². The van der Waals surface area contributed by atoms with Gasteiger partial charge in [-0.05, 0) is 24.3 Å². The Bertz CT molecular complexity index is 720. The molecule has 126 valence electrons. The third-order valence-corrected chi connectivity index (χ3v) is 2.94. The smallest absolute Gasteiger partial charge is 0.404 e. The van der Waals surface area contributed by atoms with E-state index in [-0.39, 0.29) is 24.5 Å². The Labute approximate surface area is 138 Å². The molecule has 0 aliphatic rings. The zero-order valence-electron chi connectivity index (χ0n) is 13.0. The summed E-state index contributed by atoms with van der Waals surface area (Å²) in [5, 5.41) is 13.2. The SMILES string of the molecule is COc1cccc(Oc2cccnc2C(=O)NCCNC(=O)O)c1. The van der Waals surface area contributed by atoms with Crippen LogP contribution in [0.3, 0.4) is 0 Å². The second-order valence-corrected chi connectivity index (χ2v) is 4.62. The summed E-state index contributed by atoms with van der Waals surface area (Å²) in [6.45, 7) is 0.236. The lowest BCUT2D eigenvalue weighted by Crippen LogP contribution is -2.34. The minimum absolute atomic E-state index is 0.0972. The lowest BCUT2D eigenvalue weighted by atomic mass is 10.3. The molecule has 1 aromatic carbocycles. The minimum Gasteiger partial charge on any atom is -0.497 e. The summed E-state index contributed by atoms with van der Waals surface area (Å²) in [6.07, 6.45) is 0.326. The molecule has 0 aliphatic heterocycles. The van der Waals surface area contributed by atoms with Crippen LogP contribution in [0.4, 0.5) is 4.79 Å². The zero-order chi connectivity index (χ0) is 17.4. The van der Waals surface area contributed by atoms with Crippen LogP contribution in [0.1, 0.15) is 10.5 Å². The van der Waals surface area contributed by atoms with Gasteiger partial charge in [-0.25, -0.2) is 9.78 Å². The highest BCUT2D eigenvalue weighted by Crippen LogP contribution is 2.26. The normalized spacial score (nSPS) is 9.88. The molecule has 0 fully saturated rings. The minimum atomic E-state index is -1.15. The fourth-order valence-corrected chi connectivity index (χ4v) is 1.86. The number of nitrogens with zero attached hydrogens (tertiary/aromatic N) is 1. The standard InChI is InChI=1S/C16H17N3O5/c1-23-11-4-2-5-12(10-11)24-13-6-3-7-17-14(13)15(20)18-8-9-19-16(21)22/h2-7,10,19H,8-9H2,1H3,(H,18,20)(H,21,22).